The largest absolute Gasteiger partial charge is 0.461 e. The van der Waals surface area contributed by atoms with Crippen LogP contribution in [0.3, 0.4) is 0 Å². The molecule has 0 amide bonds. The average Bonchev–Trinajstić information content (AvgIpc) is 2.57. The van der Waals surface area contributed by atoms with Gasteiger partial charge in [-0.15, -0.1) is 0 Å². The van der Waals surface area contributed by atoms with Crippen molar-refractivity contribution >= 4 is 11.8 Å². The Kier molecular flexibility index (Phi) is 2.52. The van der Waals surface area contributed by atoms with Gasteiger partial charge in [0.25, 0.3) is 0 Å². The van der Waals surface area contributed by atoms with Crippen LogP contribution in [0, 0.1) is 16.7 Å². The molecule has 0 aromatic carbocycles. The highest BCUT2D eigenvalue weighted by atomic mass is 16.5. The minimum atomic E-state index is -0.475. The van der Waals surface area contributed by atoms with Gasteiger partial charge in [0.2, 0.25) is 0 Å². The van der Waals surface area contributed by atoms with E-state index in [2.05, 4.69) is 13.8 Å². The van der Waals surface area contributed by atoms with Gasteiger partial charge in [-0.1, -0.05) is 26.0 Å². The SMILES string of the molecule is CC1(C)CC(=O)[C@H]([C@]23C=CC2=C(CO)C(=O)OC3)C1. The van der Waals surface area contributed by atoms with E-state index < -0.39 is 11.4 Å². The first-order chi connectivity index (χ1) is 8.89. The zero-order chi connectivity index (χ0) is 13.8. The molecule has 3 aliphatic rings. The highest BCUT2D eigenvalue weighted by molar-refractivity contribution is 5.94. The Morgan fingerprint density at radius 1 is 1.42 bits per heavy atom. The van der Waals surface area contributed by atoms with Crippen LogP contribution in [0.4, 0.5) is 0 Å². The van der Waals surface area contributed by atoms with Crippen molar-refractivity contribution in [2.45, 2.75) is 26.7 Å². The van der Waals surface area contributed by atoms with Crippen molar-refractivity contribution in [3.05, 3.63) is 23.3 Å². The zero-order valence-corrected chi connectivity index (χ0v) is 11.2. The maximum atomic E-state index is 12.3. The predicted molar refractivity (Wildman–Crippen MR) is 68.2 cm³/mol. The van der Waals surface area contributed by atoms with Crippen molar-refractivity contribution in [3.63, 3.8) is 0 Å². The molecule has 0 aromatic rings. The number of hydrogen-bond donors (Lipinski definition) is 1. The molecule has 0 unspecified atom stereocenters. The van der Waals surface area contributed by atoms with Gasteiger partial charge in [0.15, 0.2) is 0 Å². The first-order valence-electron chi connectivity index (χ1n) is 6.63. The van der Waals surface area contributed by atoms with Crippen LogP contribution < -0.4 is 0 Å². The maximum absolute atomic E-state index is 12.3. The lowest BCUT2D eigenvalue weighted by molar-refractivity contribution is -0.146. The molecule has 19 heavy (non-hydrogen) atoms. The van der Waals surface area contributed by atoms with Crippen LogP contribution in [0.25, 0.3) is 0 Å². The molecule has 1 heterocycles. The molecule has 1 N–H and O–H groups in total. The fourth-order valence-electron chi connectivity index (χ4n) is 3.63. The van der Waals surface area contributed by atoms with Gasteiger partial charge in [0.1, 0.15) is 12.4 Å². The number of aliphatic hydroxyl groups excluding tert-OH is 1. The highest BCUT2D eigenvalue weighted by Crippen LogP contribution is 2.56. The summed E-state index contributed by atoms with van der Waals surface area (Å²) in [5, 5.41) is 9.33. The Hall–Kier alpha value is -1.42. The summed E-state index contributed by atoms with van der Waals surface area (Å²) in [5.74, 6) is -0.346. The number of cyclic esters (lactones) is 1. The Balaban J connectivity index is 2.02. The second kappa shape index (κ2) is 3.79. The minimum Gasteiger partial charge on any atom is -0.461 e. The number of carbonyl (C=O) groups is 2. The van der Waals surface area contributed by atoms with Crippen LogP contribution >= 0.6 is 0 Å². The maximum Gasteiger partial charge on any atom is 0.336 e. The monoisotopic (exact) mass is 262 g/mol. The van der Waals surface area contributed by atoms with Crippen molar-refractivity contribution in [3.8, 4) is 0 Å². The third kappa shape index (κ3) is 1.62. The molecule has 4 nitrogen and oxygen atoms in total. The predicted octanol–water partition coefficient (Wildman–Crippen LogP) is 1.39. The molecule has 3 rings (SSSR count). The van der Waals surface area contributed by atoms with E-state index in [9.17, 15) is 14.7 Å². The molecular weight excluding hydrogens is 244 g/mol. The number of allylic oxidation sites excluding steroid dienone is 1. The van der Waals surface area contributed by atoms with Gasteiger partial charge in [-0.25, -0.2) is 4.79 Å². The molecule has 0 radical (unpaired) electrons. The van der Waals surface area contributed by atoms with Crippen molar-refractivity contribution in [1.29, 1.82) is 0 Å². The van der Waals surface area contributed by atoms with E-state index in [1.54, 1.807) is 0 Å². The lowest BCUT2D eigenvalue weighted by Gasteiger charge is -2.45. The molecule has 1 fully saturated rings. The van der Waals surface area contributed by atoms with Gasteiger partial charge < -0.3 is 9.84 Å². The van der Waals surface area contributed by atoms with Gasteiger partial charge in [0.05, 0.1) is 17.6 Å². The number of Topliss-reactive ketones (excluding diaryl/α,β-unsaturated/α-hetero) is 1. The molecular formula is C15H18O4. The zero-order valence-electron chi connectivity index (χ0n) is 11.2. The van der Waals surface area contributed by atoms with Crippen LogP contribution in [-0.4, -0.2) is 30.1 Å². The summed E-state index contributed by atoms with van der Waals surface area (Å²) in [6.45, 7) is 4.09. The van der Waals surface area contributed by atoms with Gasteiger partial charge in [0, 0.05) is 12.3 Å². The summed E-state index contributed by atoms with van der Waals surface area (Å²) < 4.78 is 5.19. The van der Waals surface area contributed by atoms with E-state index in [4.69, 9.17) is 4.74 Å². The molecule has 102 valence electrons. The van der Waals surface area contributed by atoms with Gasteiger partial charge in [-0.2, -0.15) is 0 Å². The third-order valence-corrected chi connectivity index (χ3v) is 4.64. The fraction of sp³-hybridized carbons (Fsp3) is 0.600. The first-order valence-corrected chi connectivity index (χ1v) is 6.63. The molecule has 1 aliphatic heterocycles. The normalized spacial score (nSPS) is 36.1. The number of fused-ring (bicyclic) bond motifs is 1. The van der Waals surface area contributed by atoms with Crippen molar-refractivity contribution < 1.29 is 19.4 Å². The second-order valence-corrected chi connectivity index (χ2v) is 6.56. The van der Waals surface area contributed by atoms with E-state index in [0.717, 1.165) is 12.0 Å². The molecule has 4 heteroatoms. The molecule has 0 aromatic heterocycles. The summed E-state index contributed by atoms with van der Waals surface area (Å²) in [4.78, 5) is 23.9. The minimum absolute atomic E-state index is 0.00583. The van der Waals surface area contributed by atoms with E-state index in [1.807, 2.05) is 12.2 Å². The molecule has 0 bridgehead atoms. The molecule has 2 atom stereocenters. The number of carbonyl (C=O) groups excluding carboxylic acids is 2. The third-order valence-electron chi connectivity index (χ3n) is 4.64. The van der Waals surface area contributed by atoms with Crippen LogP contribution in [-0.2, 0) is 14.3 Å². The van der Waals surface area contributed by atoms with Crippen molar-refractivity contribution in [2.75, 3.05) is 13.2 Å². The number of ketones is 1. The quantitative estimate of drug-likeness (QED) is 0.764. The lowest BCUT2D eigenvalue weighted by atomic mass is 9.60. The molecule has 0 spiro atoms. The standard InChI is InChI=1S/C15H18O4/c1-14(2)5-11(12(17)6-14)15-4-3-10(15)9(7-16)13(18)19-8-15/h3-4,11,16H,5-8H2,1-2H3/t11-,15+/m1/s1. The van der Waals surface area contributed by atoms with E-state index in [-0.39, 0.29) is 30.3 Å². The Bertz CT molecular complexity index is 526. The van der Waals surface area contributed by atoms with Gasteiger partial charge >= 0.3 is 5.97 Å². The van der Waals surface area contributed by atoms with E-state index in [0.29, 0.717) is 12.0 Å². The van der Waals surface area contributed by atoms with Gasteiger partial charge in [-0.05, 0) is 17.4 Å². The lowest BCUT2D eigenvalue weighted by Crippen LogP contribution is -2.47. The summed E-state index contributed by atoms with van der Waals surface area (Å²) in [5.41, 5.74) is 0.649. The second-order valence-electron chi connectivity index (χ2n) is 6.56. The van der Waals surface area contributed by atoms with Crippen LogP contribution in [0.15, 0.2) is 23.3 Å². The van der Waals surface area contributed by atoms with E-state index in [1.165, 1.54) is 0 Å². The van der Waals surface area contributed by atoms with Crippen molar-refractivity contribution in [2.24, 2.45) is 16.7 Å². The molecule has 1 saturated carbocycles. The van der Waals surface area contributed by atoms with Crippen molar-refractivity contribution in [1.82, 2.24) is 0 Å². The fourth-order valence-corrected chi connectivity index (χ4v) is 3.63. The summed E-state index contributed by atoms with van der Waals surface area (Å²) >= 11 is 0. The summed E-state index contributed by atoms with van der Waals surface area (Å²) in [7, 11) is 0. The number of hydrogen-bond acceptors (Lipinski definition) is 4. The Morgan fingerprint density at radius 3 is 2.63 bits per heavy atom. The van der Waals surface area contributed by atoms with Crippen LogP contribution in [0.1, 0.15) is 26.7 Å². The number of rotatable bonds is 2. The smallest absolute Gasteiger partial charge is 0.336 e. The summed E-state index contributed by atoms with van der Waals surface area (Å²) in [6, 6.07) is 0. The summed E-state index contributed by atoms with van der Waals surface area (Å²) in [6.07, 6.45) is 5.18. The Labute approximate surface area is 112 Å². The van der Waals surface area contributed by atoms with Crippen LogP contribution in [0.2, 0.25) is 0 Å². The Morgan fingerprint density at radius 2 is 2.16 bits per heavy atom. The number of ether oxygens (including phenoxy) is 1. The highest BCUT2D eigenvalue weighted by Gasteiger charge is 2.56. The topological polar surface area (TPSA) is 63.6 Å². The number of aliphatic hydroxyl groups is 1. The average molecular weight is 262 g/mol. The number of esters is 1. The van der Waals surface area contributed by atoms with Crippen LogP contribution in [0.5, 0.6) is 0 Å². The first kappa shape index (κ1) is 12.6. The van der Waals surface area contributed by atoms with Gasteiger partial charge in [-0.3, -0.25) is 4.79 Å². The molecule has 2 aliphatic carbocycles. The van der Waals surface area contributed by atoms with E-state index >= 15 is 0 Å². The molecule has 0 saturated heterocycles.